The summed E-state index contributed by atoms with van der Waals surface area (Å²) in [7, 11) is 4.80. The highest BCUT2D eigenvalue weighted by atomic mass is 16.5. The third-order valence-corrected chi connectivity index (χ3v) is 6.93. The summed E-state index contributed by atoms with van der Waals surface area (Å²) in [6.07, 6.45) is 0.977. The number of ether oxygens (including phenoxy) is 4. The molecule has 0 unspecified atom stereocenters. The van der Waals surface area contributed by atoms with Crippen molar-refractivity contribution in [1.82, 2.24) is 5.32 Å². The summed E-state index contributed by atoms with van der Waals surface area (Å²) in [4.78, 5) is 27.3. The van der Waals surface area contributed by atoms with Crippen LogP contribution in [-0.4, -0.2) is 39.7 Å². The van der Waals surface area contributed by atoms with Crippen molar-refractivity contribution in [3.8, 4) is 17.2 Å². The van der Waals surface area contributed by atoms with Crippen LogP contribution >= 0.6 is 0 Å². The van der Waals surface area contributed by atoms with E-state index in [1.807, 2.05) is 51.1 Å². The largest absolute Gasteiger partial charge is 0.497 e. The van der Waals surface area contributed by atoms with E-state index in [-0.39, 0.29) is 24.2 Å². The molecule has 0 amide bonds. The molecule has 0 saturated heterocycles. The molecule has 0 fully saturated rings. The zero-order chi connectivity index (χ0) is 26.7. The summed E-state index contributed by atoms with van der Waals surface area (Å²) in [6.45, 7) is 6.12. The first-order valence-corrected chi connectivity index (χ1v) is 12.5. The molecule has 2 aliphatic rings. The van der Waals surface area contributed by atoms with Gasteiger partial charge in [0.05, 0.1) is 39.4 Å². The van der Waals surface area contributed by atoms with Crippen LogP contribution in [-0.2, 0) is 14.3 Å². The number of hydrogen-bond acceptors (Lipinski definition) is 7. The molecule has 0 radical (unpaired) electrons. The van der Waals surface area contributed by atoms with E-state index in [1.165, 1.54) is 0 Å². The molecule has 2 aromatic rings. The molecule has 0 saturated carbocycles. The average molecular weight is 506 g/mol. The highest BCUT2D eigenvalue weighted by Gasteiger charge is 2.42. The zero-order valence-electron chi connectivity index (χ0n) is 22.3. The zero-order valence-corrected chi connectivity index (χ0v) is 22.3. The van der Waals surface area contributed by atoms with E-state index in [0.29, 0.717) is 46.7 Å². The van der Waals surface area contributed by atoms with Gasteiger partial charge in [0.1, 0.15) is 17.2 Å². The molecule has 7 heteroatoms. The Morgan fingerprint density at radius 3 is 2.27 bits per heavy atom. The lowest BCUT2D eigenvalue weighted by atomic mass is 9.71. The topological polar surface area (TPSA) is 83.1 Å². The summed E-state index contributed by atoms with van der Waals surface area (Å²) >= 11 is 0. The van der Waals surface area contributed by atoms with Gasteiger partial charge in [-0.2, -0.15) is 0 Å². The Hall–Kier alpha value is -3.74. The van der Waals surface area contributed by atoms with Crippen LogP contribution in [0, 0.1) is 5.92 Å². The third-order valence-electron chi connectivity index (χ3n) is 6.93. The van der Waals surface area contributed by atoms with Crippen molar-refractivity contribution in [2.24, 2.45) is 5.92 Å². The average Bonchev–Trinajstić information content (AvgIpc) is 2.90. The summed E-state index contributed by atoms with van der Waals surface area (Å²) < 4.78 is 22.1. The van der Waals surface area contributed by atoms with Crippen molar-refractivity contribution in [2.45, 2.75) is 45.4 Å². The number of rotatable bonds is 8. The monoisotopic (exact) mass is 505 g/mol. The Kier molecular flexibility index (Phi) is 7.91. The summed E-state index contributed by atoms with van der Waals surface area (Å²) in [5, 5.41) is 3.40. The summed E-state index contributed by atoms with van der Waals surface area (Å²) in [5.74, 6) is 1.08. The Balaban J connectivity index is 1.81. The van der Waals surface area contributed by atoms with Crippen LogP contribution in [0.5, 0.6) is 17.2 Å². The van der Waals surface area contributed by atoms with Crippen LogP contribution in [0.25, 0.3) is 0 Å². The van der Waals surface area contributed by atoms with E-state index >= 15 is 0 Å². The fourth-order valence-electron chi connectivity index (χ4n) is 5.12. The van der Waals surface area contributed by atoms with Crippen LogP contribution in [0.15, 0.2) is 65.0 Å². The van der Waals surface area contributed by atoms with Crippen molar-refractivity contribution < 1.29 is 28.5 Å². The normalized spacial score (nSPS) is 19.4. The second-order valence-electron chi connectivity index (χ2n) is 9.89. The lowest BCUT2D eigenvalue weighted by Crippen LogP contribution is -2.36. The predicted octanol–water partition coefficient (Wildman–Crippen LogP) is 5.27. The quantitative estimate of drug-likeness (QED) is 0.489. The van der Waals surface area contributed by atoms with Crippen molar-refractivity contribution in [3.63, 3.8) is 0 Å². The Labute approximate surface area is 218 Å². The van der Waals surface area contributed by atoms with E-state index in [9.17, 15) is 9.59 Å². The second-order valence-corrected chi connectivity index (χ2v) is 9.89. The highest BCUT2D eigenvalue weighted by Crippen LogP contribution is 2.48. The molecule has 1 aliphatic heterocycles. The van der Waals surface area contributed by atoms with E-state index in [2.05, 4.69) is 5.32 Å². The van der Waals surface area contributed by atoms with Gasteiger partial charge < -0.3 is 24.3 Å². The van der Waals surface area contributed by atoms with Crippen LogP contribution in [0.2, 0.25) is 0 Å². The Morgan fingerprint density at radius 1 is 0.973 bits per heavy atom. The Bertz CT molecular complexity index is 1240. The van der Waals surface area contributed by atoms with E-state index < -0.39 is 11.9 Å². The molecule has 1 N–H and O–H groups in total. The van der Waals surface area contributed by atoms with Gasteiger partial charge in [-0.3, -0.25) is 4.79 Å². The maximum absolute atomic E-state index is 13.8. The number of nitrogens with one attached hydrogen (secondary N) is 1. The van der Waals surface area contributed by atoms with Crippen molar-refractivity contribution in [3.05, 3.63) is 76.1 Å². The number of benzene rings is 2. The van der Waals surface area contributed by atoms with Gasteiger partial charge in [0.15, 0.2) is 5.78 Å². The number of carbonyl (C=O) groups excluding carboxylic acids is 2. The Morgan fingerprint density at radius 2 is 1.65 bits per heavy atom. The van der Waals surface area contributed by atoms with Crippen molar-refractivity contribution in [1.29, 1.82) is 0 Å². The summed E-state index contributed by atoms with van der Waals surface area (Å²) in [6, 6.07) is 13.3. The number of methoxy groups -OCH3 is 3. The predicted molar refractivity (Wildman–Crippen MR) is 141 cm³/mol. The molecule has 196 valence electrons. The third kappa shape index (κ3) is 5.36. The maximum Gasteiger partial charge on any atom is 0.336 e. The van der Waals surface area contributed by atoms with Gasteiger partial charge in [-0.1, -0.05) is 26.0 Å². The highest BCUT2D eigenvalue weighted by molar-refractivity contribution is 6.04. The number of hydrogen-bond donors (Lipinski definition) is 1. The molecule has 0 aromatic heterocycles. The number of esters is 1. The molecular formula is C30H35NO6. The number of ketones is 1. The van der Waals surface area contributed by atoms with Crippen molar-refractivity contribution in [2.75, 3.05) is 27.9 Å². The number of allylic oxidation sites excluding steroid dienone is 3. The molecule has 2 aromatic carbocycles. The van der Waals surface area contributed by atoms with E-state index in [1.54, 1.807) is 33.5 Å². The minimum absolute atomic E-state index is 0.00824. The SMILES string of the molecule is COc1ccc([C@H]2CC(=O)C3=C(C2)NC(C)=C(C(=O)OCC(C)C)[C@@H]3c2cc(OC)ccc2OC)cc1. The van der Waals surface area contributed by atoms with Crippen LogP contribution in [0.3, 0.4) is 0 Å². The van der Waals surface area contributed by atoms with Crippen LogP contribution in [0.4, 0.5) is 0 Å². The molecule has 7 nitrogen and oxygen atoms in total. The van der Waals surface area contributed by atoms with Gasteiger partial charge in [-0.25, -0.2) is 4.79 Å². The first-order chi connectivity index (χ1) is 17.8. The molecule has 0 bridgehead atoms. The molecule has 37 heavy (non-hydrogen) atoms. The van der Waals surface area contributed by atoms with Gasteiger partial charge in [-0.15, -0.1) is 0 Å². The second kappa shape index (κ2) is 11.1. The van der Waals surface area contributed by atoms with E-state index in [0.717, 1.165) is 17.0 Å². The first-order valence-electron chi connectivity index (χ1n) is 12.5. The van der Waals surface area contributed by atoms with Gasteiger partial charge in [0.2, 0.25) is 0 Å². The molecule has 1 aliphatic carbocycles. The van der Waals surface area contributed by atoms with Gasteiger partial charge in [0.25, 0.3) is 0 Å². The fourth-order valence-corrected chi connectivity index (χ4v) is 5.12. The van der Waals surface area contributed by atoms with Crippen LogP contribution in [0.1, 0.15) is 56.6 Å². The smallest absolute Gasteiger partial charge is 0.336 e. The fraction of sp³-hybridized carbons (Fsp3) is 0.400. The molecular weight excluding hydrogens is 470 g/mol. The van der Waals surface area contributed by atoms with Gasteiger partial charge >= 0.3 is 5.97 Å². The maximum atomic E-state index is 13.8. The molecule has 2 atom stereocenters. The standard InChI is InChI=1S/C30H35NO6/c1-17(2)16-37-30(33)27-18(3)31-24-13-20(19-7-9-21(34-4)10-8-19)14-25(32)29(24)28(27)23-15-22(35-5)11-12-26(23)36-6/h7-12,15,17,20,28,31H,13-14,16H2,1-6H3/t20-,28+/m1/s1. The first kappa shape index (κ1) is 26.3. The van der Waals surface area contributed by atoms with Gasteiger partial charge in [-0.05, 0) is 61.1 Å². The minimum Gasteiger partial charge on any atom is -0.497 e. The number of dihydropyridines is 1. The number of Topliss-reactive ketones (excluding diaryl/α,β-unsaturated/α-hetero) is 1. The van der Waals surface area contributed by atoms with Gasteiger partial charge in [0, 0.05) is 29.0 Å². The lowest BCUT2D eigenvalue weighted by Gasteiger charge is -2.37. The lowest BCUT2D eigenvalue weighted by molar-refractivity contribution is -0.140. The molecule has 1 heterocycles. The molecule has 0 spiro atoms. The van der Waals surface area contributed by atoms with Crippen LogP contribution < -0.4 is 19.5 Å². The van der Waals surface area contributed by atoms with E-state index in [4.69, 9.17) is 18.9 Å². The number of carbonyl (C=O) groups is 2. The minimum atomic E-state index is -0.634. The van der Waals surface area contributed by atoms with Crippen molar-refractivity contribution >= 4 is 11.8 Å². The summed E-state index contributed by atoms with van der Waals surface area (Å²) in [5.41, 5.74) is 4.26. The molecule has 4 rings (SSSR count).